The van der Waals surface area contributed by atoms with Gasteiger partial charge in [-0.25, -0.2) is 4.39 Å². The number of nitrogens with two attached hydrogens (primary N) is 1. The summed E-state index contributed by atoms with van der Waals surface area (Å²) in [6, 6.07) is 8.65. The van der Waals surface area contributed by atoms with Crippen molar-refractivity contribution in [3.8, 4) is 0 Å². The highest BCUT2D eigenvalue weighted by Gasteiger charge is 2.07. The maximum Gasteiger partial charge on any atom is 0.126 e. The van der Waals surface area contributed by atoms with Gasteiger partial charge in [-0.05, 0) is 42.4 Å². The third kappa shape index (κ3) is 3.17. The molecule has 4 heteroatoms. The lowest BCUT2D eigenvalue weighted by Gasteiger charge is -2.01. The Morgan fingerprint density at radius 2 is 1.94 bits per heavy atom. The Balaban J connectivity index is 2.16. The molecule has 2 aromatic rings. The third-order valence-electron chi connectivity index (χ3n) is 2.48. The van der Waals surface area contributed by atoms with Crippen LogP contribution >= 0.6 is 15.9 Å². The number of hydrogen-bond donors (Lipinski definition) is 1. The van der Waals surface area contributed by atoms with E-state index in [1.165, 1.54) is 6.07 Å². The summed E-state index contributed by atoms with van der Waals surface area (Å²) >= 11 is 3.33. The fourth-order valence-electron chi connectivity index (χ4n) is 1.66. The average molecular weight is 298 g/mol. The summed E-state index contributed by atoms with van der Waals surface area (Å²) in [5.74, 6) is 1.38. The summed E-state index contributed by atoms with van der Waals surface area (Å²) < 4.78 is 20.0. The molecule has 1 aromatic heterocycles. The van der Waals surface area contributed by atoms with Crippen LogP contribution in [0.4, 0.5) is 4.39 Å². The third-order valence-corrected chi connectivity index (χ3v) is 2.97. The van der Waals surface area contributed by atoms with Crippen molar-refractivity contribution in [2.45, 2.75) is 12.8 Å². The molecular formula is C13H13BrFNO. The predicted octanol–water partition coefficient (Wildman–Crippen LogP) is 3.27. The summed E-state index contributed by atoms with van der Waals surface area (Å²) in [5.41, 5.74) is 6.06. The molecule has 0 atom stereocenters. The average Bonchev–Trinajstić information content (AvgIpc) is 2.72. The van der Waals surface area contributed by atoms with Crippen molar-refractivity contribution in [1.82, 2.24) is 0 Å². The first-order chi connectivity index (χ1) is 8.19. The minimum Gasteiger partial charge on any atom is -0.466 e. The minimum absolute atomic E-state index is 0.218. The molecule has 0 unspecified atom stereocenters. The van der Waals surface area contributed by atoms with Gasteiger partial charge in [0.15, 0.2) is 0 Å². The molecule has 1 aromatic carbocycles. The van der Waals surface area contributed by atoms with Gasteiger partial charge in [0.2, 0.25) is 0 Å². The Hall–Kier alpha value is -1.13. The Bertz CT molecular complexity index is 510. The van der Waals surface area contributed by atoms with Crippen molar-refractivity contribution < 1.29 is 8.81 Å². The first-order valence-corrected chi connectivity index (χ1v) is 6.20. The van der Waals surface area contributed by atoms with Gasteiger partial charge >= 0.3 is 0 Å². The summed E-state index contributed by atoms with van der Waals surface area (Å²) in [6.07, 6.45) is 1.16. The summed E-state index contributed by atoms with van der Waals surface area (Å²) in [5, 5.41) is 0. The van der Waals surface area contributed by atoms with E-state index in [0.29, 0.717) is 24.9 Å². The highest BCUT2D eigenvalue weighted by atomic mass is 79.9. The number of rotatable bonds is 4. The Morgan fingerprint density at radius 1 is 1.18 bits per heavy atom. The molecule has 17 heavy (non-hydrogen) atoms. The van der Waals surface area contributed by atoms with E-state index in [1.54, 1.807) is 12.1 Å². The van der Waals surface area contributed by atoms with Gasteiger partial charge in [-0.15, -0.1) is 0 Å². The zero-order valence-corrected chi connectivity index (χ0v) is 10.8. The molecule has 0 saturated carbocycles. The Labute approximate surface area is 108 Å². The van der Waals surface area contributed by atoms with E-state index in [4.69, 9.17) is 10.2 Å². The molecule has 0 amide bonds. The second-order valence-electron chi connectivity index (χ2n) is 3.82. The largest absolute Gasteiger partial charge is 0.466 e. The number of halogens is 2. The van der Waals surface area contributed by atoms with E-state index >= 15 is 0 Å². The maximum absolute atomic E-state index is 13.5. The first-order valence-electron chi connectivity index (χ1n) is 5.40. The zero-order valence-electron chi connectivity index (χ0n) is 9.25. The topological polar surface area (TPSA) is 39.2 Å². The van der Waals surface area contributed by atoms with E-state index in [1.807, 2.05) is 12.1 Å². The molecule has 0 saturated heterocycles. The molecule has 0 fully saturated rings. The van der Waals surface area contributed by atoms with Crippen LogP contribution in [-0.4, -0.2) is 6.54 Å². The van der Waals surface area contributed by atoms with Crippen molar-refractivity contribution in [2.75, 3.05) is 6.54 Å². The van der Waals surface area contributed by atoms with Crippen molar-refractivity contribution in [2.24, 2.45) is 5.73 Å². The van der Waals surface area contributed by atoms with Gasteiger partial charge in [-0.2, -0.15) is 0 Å². The van der Waals surface area contributed by atoms with Crippen molar-refractivity contribution in [3.63, 3.8) is 0 Å². The normalized spacial score (nSPS) is 10.8. The lowest BCUT2D eigenvalue weighted by molar-refractivity contribution is 0.471. The van der Waals surface area contributed by atoms with Crippen LogP contribution in [0.1, 0.15) is 17.1 Å². The highest BCUT2D eigenvalue weighted by Crippen LogP contribution is 2.20. The van der Waals surface area contributed by atoms with Crippen LogP contribution < -0.4 is 5.73 Å². The van der Waals surface area contributed by atoms with Crippen LogP contribution in [0.2, 0.25) is 0 Å². The smallest absolute Gasteiger partial charge is 0.126 e. The second kappa shape index (κ2) is 5.47. The maximum atomic E-state index is 13.5. The lowest BCUT2D eigenvalue weighted by Crippen LogP contribution is -2.01. The Kier molecular flexibility index (Phi) is 3.97. The standard InChI is InChI=1S/C13H13BrFNO/c14-10-1-4-13(15)9(7-10)8-12-3-2-11(17-12)5-6-16/h1-4,7H,5-6,8,16H2. The molecule has 0 bridgehead atoms. The van der Waals surface area contributed by atoms with Crippen molar-refractivity contribution >= 4 is 15.9 Å². The van der Waals surface area contributed by atoms with Crippen LogP contribution in [0.15, 0.2) is 39.2 Å². The summed E-state index contributed by atoms with van der Waals surface area (Å²) in [7, 11) is 0. The van der Waals surface area contributed by atoms with Crippen LogP contribution in [-0.2, 0) is 12.8 Å². The van der Waals surface area contributed by atoms with Crippen LogP contribution in [0.3, 0.4) is 0 Å². The van der Waals surface area contributed by atoms with Gasteiger partial charge in [-0.1, -0.05) is 15.9 Å². The van der Waals surface area contributed by atoms with E-state index < -0.39 is 0 Å². The van der Waals surface area contributed by atoms with Gasteiger partial charge in [-0.3, -0.25) is 0 Å². The molecule has 0 aliphatic heterocycles. The molecule has 90 valence electrons. The van der Waals surface area contributed by atoms with Crippen LogP contribution in [0.5, 0.6) is 0 Å². The number of furan rings is 1. The molecule has 0 aliphatic rings. The van der Waals surface area contributed by atoms with Gasteiger partial charge in [0.25, 0.3) is 0 Å². The van der Waals surface area contributed by atoms with Gasteiger partial charge in [0.1, 0.15) is 17.3 Å². The minimum atomic E-state index is -0.218. The predicted molar refractivity (Wildman–Crippen MR) is 68.4 cm³/mol. The quantitative estimate of drug-likeness (QED) is 0.941. The van der Waals surface area contributed by atoms with Gasteiger partial charge in [0.05, 0.1) is 0 Å². The molecular weight excluding hydrogens is 285 g/mol. The first kappa shape index (κ1) is 12.3. The molecule has 1 heterocycles. The van der Waals surface area contributed by atoms with E-state index in [-0.39, 0.29) is 5.82 Å². The Morgan fingerprint density at radius 3 is 2.71 bits per heavy atom. The molecule has 0 spiro atoms. The second-order valence-corrected chi connectivity index (χ2v) is 4.73. The van der Waals surface area contributed by atoms with E-state index in [9.17, 15) is 4.39 Å². The summed E-state index contributed by atoms with van der Waals surface area (Å²) in [4.78, 5) is 0. The SMILES string of the molecule is NCCc1ccc(Cc2cc(Br)ccc2F)o1. The van der Waals surface area contributed by atoms with E-state index in [2.05, 4.69) is 15.9 Å². The monoisotopic (exact) mass is 297 g/mol. The molecule has 2 nitrogen and oxygen atoms in total. The number of benzene rings is 1. The van der Waals surface area contributed by atoms with Crippen molar-refractivity contribution in [1.29, 1.82) is 0 Å². The van der Waals surface area contributed by atoms with Crippen LogP contribution in [0, 0.1) is 5.82 Å². The molecule has 2 rings (SSSR count). The molecule has 2 N–H and O–H groups in total. The molecule has 0 radical (unpaired) electrons. The van der Waals surface area contributed by atoms with Crippen LogP contribution in [0.25, 0.3) is 0 Å². The summed E-state index contributed by atoms with van der Waals surface area (Å²) in [6.45, 7) is 0.554. The fourth-order valence-corrected chi connectivity index (χ4v) is 2.07. The highest BCUT2D eigenvalue weighted by molar-refractivity contribution is 9.10. The zero-order chi connectivity index (χ0) is 12.3. The van der Waals surface area contributed by atoms with Crippen molar-refractivity contribution in [3.05, 3.63) is 57.7 Å². The van der Waals surface area contributed by atoms with Gasteiger partial charge < -0.3 is 10.2 Å². The number of hydrogen-bond acceptors (Lipinski definition) is 2. The van der Waals surface area contributed by atoms with E-state index in [0.717, 1.165) is 16.0 Å². The molecule has 0 aliphatic carbocycles. The lowest BCUT2D eigenvalue weighted by atomic mass is 10.1. The fraction of sp³-hybridized carbons (Fsp3) is 0.231. The van der Waals surface area contributed by atoms with Gasteiger partial charge in [0, 0.05) is 17.3 Å².